The van der Waals surface area contributed by atoms with E-state index >= 15 is 0 Å². The van der Waals surface area contributed by atoms with E-state index in [2.05, 4.69) is 247 Å². The number of carbonyl (C=O) groups excluding carboxylic acids is 1. The molecule has 6 atom stereocenters. The Kier molecular flexibility index (Phi) is 84.3. The Labute approximate surface area is 905 Å². The van der Waals surface area contributed by atoms with Crippen LogP contribution < -0.4 is 21.2 Å². The average Bonchev–Trinajstić information content (AvgIpc) is 0.753. The Hall–Kier alpha value is -5.18. The molecule has 0 saturated carbocycles. The first-order valence-corrected chi connectivity index (χ1v) is 52.1. The Balaban J connectivity index is -0.000000706. The van der Waals surface area contributed by atoms with Crippen LogP contribution in [0.15, 0.2) is 394 Å². The van der Waals surface area contributed by atoms with Gasteiger partial charge in [0.15, 0.2) is 0 Å². The number of pyridine rings is 5. The molecular weight excluding hydrogens is 2850 g/mol. The average molecular weight is 2960 g/mol. The van der Waals surface area contributed by atoms with Gasteiger partial charge in [-0.2, -0.15) is 13.6 Å². The molecule has 17 aromatic rings. The fourth-order valence-electron chi connectivity index (χ4n) is 11.6. The second-order valence-electron chi connectivity index (χ2n) is 25.7. The largest absolute Gasteiger partial charge is 0.545 e. The molecule has 0 aliphatic rings. The minimum atomic E-state index is -1.36. The van der Waals surface area contributed by atoms with E-state index in [1.165, 1.54) is 147 Å². The zero-order chi connectivity index (χ0) is 88.4. The molecule has 0 aliphatic heterocycles. The minimum absolute atomic E-state index is 0. The van der Waals surface area contributed by atoms with Crippen molar-refractivity contribution in [2.45, 2.75) is 0 Å². The molecule has 7 aromatic heterocycles. The zero-order valence-electron chi connectivity index (χ0n) is 74.6. The Morgan fingerprint density at radius 3 is 0.858 bits per heavy atom. The first-order chi connectivity index (χ1) is 61.0. The first kappa shape index (κ1) is 135. The van der Waals surface area contributed by atoms with Crippen LogP contribution in [0.5, 0.6) is 0 Å². The van der Waals surface area contributed by atoms with E-state index in [1.54, 1.807) is 70.3 Å². The van der Waals surface area contributed by atoms with E-state index in [4.69, 9.17) is 18.4 Å². The number of hydrogen-bond donors (Lipinski definition) is 0. The summed E-state index contributed by atoms with van der Waals surface area (Å²) in [4.78, 5) is 28.7. The molecule has 7 heterocycles. The van der Waals surface area contributed by atoms with Gasteiger partial charge in [0.05, 0.1) is 44.1 Å². The zero-order valence-corrected chi connectivity index (χ0v) is 99.5. The number of nitrogens with zero attached hydrogens (tertiary/aromatic N) is 5. The number of halogens is 8. The van der Waals surface area contributed by atoms with Gasteiger partial charge in [0.25, 0.3) is 0 Å². The normalized spacial score (nSPS) is 9.86. The molecule has 0 aliphatic carbocycles. The molecule has 17 rings (SSSR count). The van der Waals surface area contributed by atoms with Crippen molar-refractivity contribution in [2.24, 2.45) is 0 Å². The summed E-state index contributed by atoms with van der Waals surface area (Å²) in [6.45, 7) is 16.8. The van der Waals surface area contributed by atoms with Gasteiger partial charge in [-0.05, 0) is 239 Å². The van der Waals surface area contributed by atoms with Crippen molar-refractivity contribution in [3.63, 3.8) is 0 Å². The van der Waals surface area contributed by atoms with Gasteiger partial charge in [-0.25, -0.2) is 8.78 Å². The summed E-state index contributed by atoms with van der Waals surface area (Å²) in [5.74, 6) is 3.62. The van der Waals surface area contributed by atoms with Crippen molar-refractivity contribution in [1.29, 1.82) is 0 Å². The molecule has 0 saturated heterocycles. The van der Waals surface area contributed by atoms with Crippen LogP contribution in [0.3, 0.4) is 0 Å². The van der Waals surface area contributed by atoms with Crippen LogP contribution in [0.4, 0.5) is 13.2 Å². The van der Waals surface area contributed by atoms with E-state index in [0.717, 1.165) is 90.6 Å². The maximum Gasteiger partial charge on any atom is 0.397 e. The van der Waals surface area contributed by atoms with Crippen molar-refractivity contribution >= 4 is 188 Å². The van der Waals surface area contributed by atoms with E-state index in [1.807, 2.05) is 140 Å². The van der Waals surface area contributed by atoms with Gasteiger partial charge >= 0.3 is 8.60 Å². The molecule has 31 heteroatoms. The summed E-state index contributed by atoms with van der Waals surface area (Å²) in [6.07, 6.45) is 11.7. The van der Waals surface area contributed by atoms with Gasteiger partial charge in [0, 0.05) is 170 Å². The first-order valence-electron chi connectivity index (χ1n) is 39.5. The molecule has 0 spiro atoms. The van der Waals surface area contributed by atoms with E-state index < -0.39 is 8.60 Å². The smallest absolute Gasteiger partial charge is 0.397 e. The number of hydrogen-bond acceptors (Lipinski definition) is 9. The number of benzene rings is 10. The van der Waals surface area contributed by atoms with Crippen molar-refractivity contribution in [1.82, 2.24) is 24.9 Å². The van der Waals surface area contributed by atoms with Crippen molar-refractivity contribution in [3.05, 3.63) is 418 Å². The van der Waals surface area contributed by atoms with E-state index in [-0.39, 0.29) is 180 Å². The summed E-state index contributed by atoms with van der Waals surface area (Å²) >= 11 is 0. The van der Waals surface area contributed by atoms with Gasteiger partial charge in [-0.3, -0.25) is 31.1 Å². The van der Waals surface area contributed by atoms with Gasteiger partial charge in [-0.1, -0.05) is 269 Å². The number of fused-ring (bicyclic) bond motifs is 2. The summed E-state index contributed by atoms with van der Waals surface area (Å²) in [6, 6.07) is 117. The van der Waals surface area contributed by atoms with Crippen LogP contribution in [0, 0.1) is 23.5 Å². The Morgan fingerprint density at radius 1 is 0.306 bits per heavy atom. The fourth-order valence-corrected chi connectivity index (χ4v) is 19.4. The molecule has 6 unspecified atom stereocenters. The van der Waals surface area contributed by atoms with Crippen molar-refractivity contribution in [2.75, 3.05) is 73.6 Å². The Morgan fingerprint density at radius 2 is 0.590 bits per heavy atom. The summed E-state index contributed by atoms with van der Waals surface area (Å²) in [5.41, 5.74) is 12.5. The predicted molar refractivity (Wildman–Crippen MR) is 583 cm³/mol. The van der Waals surface area contributed by atoms with Crippen LogP contribution in [0.25, 0.3) is 99.5 Å². The summed E-state index contributed by atoms with van der Waals surface area (Å²) < 4.78 is 51.8. The van der Waals surface area contributed by atoms with E-state index in [9.17, 15) is 13.2 Å². The van der Waals surface area contributed by atoms with Gasteiger partial charge in [0.1, 0.15) is 11.6 Å². The summed E-state index contributed by atoms with van der Waals surface area (Å²) in [7, 11) is 11.7. The second-order valence-corrected chi connectivity index (χ2v) is 36.1. The minimum Gasteiger partial charge on any atom is -0.545 e. The Bertz CT molecular complexity index is 5130. The van der Waals surface area contributed by atoms with Gasteiger partial charge < -0.3 is 9.78 Å². The second kappa shape index (κ2) is 83.6. The molecular formula is C103H109Cl5F3Ir5N5O4P9-. The number of aromatic nitrogens is 5. The quantitative estimate of drug-likeness (QED) is 0.0381. The molecule has 10 aromatic carbocycles. The molecule has 0 N–H and O–H groups in total. The predicted octanol–water partition coefficient (Wildman–Crippen LogP) is 29.9. The van der Waals surface area contributed by atoms with Crippen LogP contribution >= 0.6 is 139 Å². The monoisotopic (exact) mass is 2960 g/mol. The molecule has 0 amide bonds. The van der Waals surface area contributed by atoms with Crippen LogP contribution in [-0.2, 0) is 119 Å². The van der Waals surface area contributed by atoms with E-state index in [0.29, 0.717) is 0 Å². The van der Waals surface area contributed by atoms with Crippen LogP contribution in [0.1, 0.15) is 0 Å². The van der Waals surface area contributed by atoms with Crippen molar-refractivity contribution in [3.8, 4) is 78.0 Å². The maximum atomic E-state index is 12.6. The van der Waals surface area contributed by atoms with Gasteiger partial charge in [-0.15, -0.1) is 109 Å². The third-order valence-electron chi connectivity index (χ3n) is 17.6. The molecule has 0 bridgehead atoms. The van der Waals surface area contributed by atoms with Crippen molar-refractivity contribution < 1.29 is 132 Å². The third-order valence-corrected chi connectivity index (χ3v) is 26.9. The van der Waals surface area contributed by atoms with Crippen LogP contribution in [0.2, 0.25) is 0 Å². The maximum absolute atomic E-state index is 12.6. The number of rotatable bonds is 17. The van der Waals surface area contributed by atoms with Crippen LogP contribution in [-0.4, -0.2) is 105 Å². The molecule has 717 valence electrons. The molecule has 5 radical (unpaired) electrons. The summed E-state index contributed by atoms with van der Waals surface area (Å²) in [5, 5.41) is 14.2. The fraction of sp³-hybridized carbons (Fsp3) is 0.107. The molecule has 0 fully saturated rings. The SMILES string of the molecule is CO[PH+](OC)OC.CPCCPC.CPc1ccc2ccccc2c1-c1c(PC)ccc2ccccc12.CPc1ccccc1PC.Cl.Cl.Cl.Cl.Cl.Fc1c[c-]c(-c2ccccn2)cc1.Fc1ccc(-c2ccccn2)cc1.Fc1ccc(-c2ccccn2)cc1.[CH-]=O.[Ir].[Ir].[Ir].[Ir].[Ir].c1ccc(-c2ccccn2)cc1.c1ccc(-c2ccccn2)cc1.c1ccc(-c2ccccp2)pc1. The third kappa shape index (κ3) is 49.8. The molecule has 9 nitrogen and oxygen atoms in total. The molecule has 134 heavy (non-hydrogen) atoms. The standard InChI is InChI=1S/C22H20P2.2C11H8FN.C11H7FN.2C11H9N.C10H8P2.C8H12P2.C4H12P2.C3H10O3P.CHO.5ClH.5Ir/c1-23-19-13-11-15-7-3-5-9-17(15)21(19)22-18-10-6-4-8-16(18)12-14-20(22)24-2;3*12-10-6-4-9(5-7-10)11-3-1-2-8-13-11;2*1-2-6-10(7-3-1)11-8-4-5-9-12-11;1-3-7-11-9(5-1)10-6-2-4-8-12-10;1-9-7-5-3-4-6-8(7)10-2;1-5-3-4-6-2;1-4-7(5-2)6-3;1-2;;;;;;;;;;/h3-14,23-24H,1-2H3;2*1-8H;1-4,6-8H;2*1-9H;1-8H;3-6,9-10H,1-2H3;5-6H,3-4H2,1-2H3;7H,1-3H3;1H;5*1H;;;;;/q;;;-1;;;;;;+1;-1;;;;;;;;;;. The van der Waals surface area contributed by atoms with Gasteiger partial charge in [0.2, 0.25) is 0 Å². The topological polar surface area (TPSA) is 109 Å².